The topological polar surface area (TPSA) is 12.9 Å². The Morgan fingerprint density at radius 2 is 2.00 bits per heavy atom. The molecule has 1 heterocycles. The van der Waals surface area contributed by atoms with Crippen LogP contribution in [0, 0.1) is 11.8 Å². The highest BCUT2D eigenvalue weighted by molar-refractivity contribution is 5.12. The number of hydrogen-bond donors (Lipinski definition) is 0. The average Bonchev–Trinajstić information content (AvgIpc) is 2.14. The minimum Gasteiger partial charge on any atom is -0.265 e. The maximum atomic E-state index is 3.95. The van der Waals surface area contributed by atoms with Crippen molar-refractivity contribution in [1.82, 2.24) is 4.98 Å². The van der Waals surface area contributed by atoms with E-state index in [2.05, 4.69) is 23.7 Å². The van der Waals surface area contributed by atoms with Crippen LogP contribution >= 0.6 is 0 Å². The number of pyridine rings is 1. The Balaban J connectivity index is 2.34. The first kappa shape index (κ1) is 8.80. The fourth-order valence-electron chi connectivity index (χ4n) is 0.970. The molecule has 62 valence electrons. The third kappa shape index (κ3) is 3.21. The van der Waals surface area contributed by atoms with E-state index in [9.17, 15) is 0 Å². The number of rotatable bonds is 2. The Bertz CT molecular complexity index is 266. The summed E-state index contributed by atoms with van der Waals surface area (Å²) in [5.74, 6) is 6.17. The summed E-state index contributed by atoms with van der Waals surface area (Å²) in [6.07, 6.45) is 6.59. The van der Waals surface area contributed by atoms with Crippen molar-refractivity contribution in [3.8, 4) is 11.8 Å². The second-order valence-electron chi connectivity index (χ2n) is 2.56. The fraction of sp³-hybridized carbons (Fsp3) is 0.364. The molecule has 0 spiro atoms. The van der Waals surface area contributed by atoms with Gasteiger partial charge in [-0.2, -0.15) is 0 Å². The molecular formula is C11H13N. The van der Waals surface area contributed by atoms with Gasteiger partial charge < -0.3 is 0 Å². The van der Waals surface area contributed by atoms with Crippen LogP contribution in [-0.4, -0.2) is 4.98 Å². The zero-order chi connectivity index (χ0) is 8.65. The lowest BCUT2D eigenvalue weighted by Crippen LogP contribution is -1.82. The van der Waals surface area contributed by atoms with Gasteiger partial charge in [-0.25, -0.2) is 0 Å². The van der Waals surface area contributed by atoms with E-state index in [0.717, 1.165) is 19.3 Å². The van der Waals surface area contributed by atoms with E-state index in [-0.39, 0.29) is 0 Å². The zero-order valence-electron chi connectivity index (χ0n) is 7.38. The van der Waals surface area contributed by atoms with Gasteiger partial charge in [0.05, 0.1) is 0 Å². The fourth-order valence-corrected chi connectivity index (χ4v) is 0.970. The van der Waals surface area contributed by atoms with Gasteiger partial charge in [-0.3, -0.25) is 4.98 Å². The molecule has 0 radical (unpaired) electrons. The largest absolute Gasteiger partial charge is 0.265 e. The van der Waals surface area contributed by atoms with Crippen molar-refractivity contribution < 1.29 is 0 Å². The van der Waals surface area contributed by atoms with Gasteiger partial charge in [-0.1, -0.05) is 6.92 Å². The van der Waals surface area contributed by atoms with Gasteiger partial charge in [-0.05, 0) is 24.1 Å². The first-order valence-corrected chi connectivity index (χ1v) is 4.28. The standard InChI is InChI=1S/C11H13N/c1-2-3-4-5-6-11-7-9-12-10-8-11/h7-10H,2,5-6H2,1H3. The van der Waals surface area contributed by atoms with Crippen LogP contribution in [0.3, 0.4) is 0 Å². The SMILES string of the molecule is CCC#CCCc1ccncc1. The number of hydrogen-bond acceptors (Lipinski definition) is 1. The van der Waals surface area contributed by atoms with E-state index in [0.29, 0.717) is 0 Å². The third-order valence-electron chi connectivity index (χ3n) is 1.59. The van der Waals surface area contributed by atoms with Gasteiger partial charge in [0.25, 0.3) is 0 Å². The molecule has 0 bridgehead atoms. The maximum absolute atomic E-state index is 3.95. The zero-order valence-corrected chi connectivity index (χ0v) is 7.38. The van der Waals surface area contributed by atoms with E-state index < -0.39 is 0 Å². The maximum Gasteiger partial charge on any atom is 0.0270 e. The van der Waals surface area contributed by atoms with Crippen LogP contribution in [0.5, 0.6) is 0 Å². The average molecular weight is 159 g/mol. The molecule has 0 aliphatic carbocycles. The lowest BCUT2D eigenvalue weighted by Gasteiger charge is -1.93. The van der Waals surface area contributed by atoms with Crippen molar-refractivity contribution in [2.75, 3.05) is 0 Å². The number of aryl methyl sites for hydroxylation is 1. The van der Waals surface area contributed by atoms with Crippen molar-refractivity contribution >= 4 is 0 Å². The molecule has 0 saturated heterocycles. The predicted octanol–water partition coefficient (Wildman–Crippen LogP) is 2.43. The van der Waals surface area contributed by atoms with Crippen LogP contribution in [-0.2, 0) is 6.42 Å². The summed E-state index contributed by atoms with van der Waals surface area (Å²) in [5, 5.41) is 0. The van der Waals surface area contributed by atoms with Crippen LogP contribution in [0.25, 0.3) is 0 Å². The molecule has 1 aromatic heterocycles. The van der Waals surface area contributed by atoms with Crippen molar-refractivity contribution in [3.63, 3.8) is 0 Å². The Hall–Kier alpha value is -1.29. The molecule has 1 aromatic rings. The van der Waals surface area contributed by atoms with Crippen molar-refractivity contribution in [1.29, 1.82) is 0 Å². The second kappa shape index (κ2) is 5.37. The van der Waals surface area contributed by atoms with E-state index in [4.69, 9.17) is 0 Å². The summed E-state index contributed by atoms with van der Waals surface area (Å²) >= 11 is 0. The van der Waals surface area contributed by atoms with E-state index in [1.165, 1.54) is 5.56 Å². The van der Waals surface area contributed by atoms with E-state index >= 15 is 0 Å². The van der Waals surface area contributed by atoms with Gasteiger partial charge in [0, 0.05) is 25.2 Å². The van der Waals surface area contributed by atoms with Crippen LogP contribution in [0.4, 0.5) is 0 Å². The molecule has 12 heavy (non-hydrogen) atoms. The molecule has 0 aromatic carbocycles. The molecule has 0 fully saturated rings. The van der Waals surface area contributed by atoms with Gasteiger partial charge >= 0.3 is 0 Å². The third-order valence-corrected chi connectivity index (χ3v) is 1.59. The quantitative estimate of drug-likeness (QED) is 0.604. The molecule has 1 rings (SSSR count). The lowest BCUT2D eigenvalue weighted by atomic mass is 10.1. The first-order chi connectivity index (χ1) is 5.93. The first-order valence-electron chi connectivity index (χ1n) is 4.28. The highest BCUT2D eigenvalue weighted by atomic mass is 14.6. The molecule has 0 atom stereocenters. The lowest BCUT2D eigenvalue weighted by molar-refractivity contribution is 1.02. The van der Waals surface area contributed by atoms with Crippen molar-refractivity contribution in [2.24, 2.45) is 0 Å². The molecule has 0 N–H and O–H groups in total. The van der Waals surface area contributed by atoms with Gasteiger partial charge in [0.1, 0.15) is 0 Å². The summed E-state index contributed by atoms with van der Waals surface area (Å²) in [6, 6.07) is 4.07. The van der Waals surface area contributed by atoms with Crippen molar-refractivity contribution in [2.45, 2.75) is 26.2 Å². The summed E-state index contributed by atoms with van der Waals surface area (Å²) in [5.41, 5.74) is 1.32. The normalized spacial score (nSPS) is 8.75. The summed E-state index contributed by atoms with van der Waals surface area (Å²) in [6.45, 7) is 2.07. The molecule has 0 amide bonds. The predicted molar refractivity (Wildman–Crippen MR) is 50.6 cm³/mol. The number of aromatic nitrogens is 1. The Labute approximate surface area is 73.8 Å². The van der Waals surface area contributed by atoms with E-state index in [1.807, 2.05) is 24.5 Å². The highest BCUT2D eigenvalue weighted by Crippen LogP contribution is 1.99. The second-order valence-corrected chi connectivity index (χ2v) is 2.56. The summed E-state index contributed by atoms with van der Waals surface area (Å²) in [4.78, 5) is 3.95. The summed E-state index contributed by atoms with van der Waals surface area (Å²) < 4.78 is 0. The smallest absolute Gasteiger partial charge is 0.0270 e. The van der Waals surface area contributed by atoms with Crippen LogP contribution < -0.4 is 0 Å². The molecule has 0 aliphatic rings. The van der Waals surface area contributed by atoms with Gasteiger partial charge in [0.2, 0.25) is 0 Å². The Morgan fingerprint density at radius 1 is 1.25 bits per heavy atom. The molecule has 0 aliphatic heterocycles. The van der Waals surface area contributed by atoms with Crippen LogP contribution in [0.15, 0.2) is 24.5 Å². The van der Waals surface area contributed by atoms with Gasteiger partial charge in [-0.15, -0.1) is 11.8 Å². The summed E-state index contributed by atoms with van der Waals surface area (Å²) in [7, 11) is 0. The molecular weight excluding hydrogens is 146 g/mol. The van der Waals surface area contributed by atoms with Gasteiger partial charge in [0.15, 0.2) is 0 Å². The molecule has 0 unspecified atom stereocenters. The van der Waals surface area contributed by atoms with Crippen molar-refractivity contribution in [3.05, 3.63) is 30.1 Å². The van der Waals surface area contributed by atoms with E-state index in [1.54, 1.807) is 0 Å². The Kier molecular flexibility index (Phi) is 3.94. The number of nitrogens with zero attached hydrogens (tertiary/aromatic N) is 1. The molecule has 1 nitrogen and oxygen atoms in total. The molecule has 1 heteroatoms. The van der Waals surface area contributed by atoms with Crippen LogP contribution in [0.1, 0.15) is 25.3 Å². The Morgan fingerprint density at radius 3 is 2.67 bits per heavy atom. The minimum atomic E-state index is 0.955. The minimum absolute atomic E-state index is 0.955. The molecule has 0 saturated carbocycles. The van der Waals surface area contributed by atoms with Crippen LogP contribution in [0.2, 0.25) is 0 Å². The monoisotopic (exact) mass is 159 g/mol. The highest BCUT2D eigenvalue weighted by Gasteiger charge is 1.87.